The van der Waals surface area contributed by atoms with Crippen molar-refractivity contribution in [1.82, 2.24) is 4.98 Å². The normalized spacial score (nSPS) is 14.1. The molecule has 0 amide bonds. The van der Waals surface area contributed by atoms with E-state index in [4.69, 9.17) is 4.98 Å². The van der Waals surface area contributed by atoms with Gasteiger partial charge in [-0.3, -0.25) is 4.98 Å². The molecular weight excluding hydrogens is 732 g/mol. The minimum atomic E-state index is -3.05. The second-order valence-corrected chi connectivity index (χ2v) is 19.2. The van der Waals surface area contributed by atoms with Crippen LogP contribution in [0.15, 0.2) is 225 Å². The van der Waals surface area contributed by atoms with Gasteiger partial charge in [-0.2, -0.15) is 0 Å². The molecule has 9 aromatic rings. The zero-order chi connectivity index (χ0) is 38.9. The average molecular weight is 769 g/mol. The van der Waals surface area contributed by atoms with Crippen molar-refractivity contribution in [2.75, 3.05) is 14.7 Å². The van der Waals surface area contributed by atoms with Gasteiger partial charge in [-0.15, -0.1) is 0 Å². The second kappa shape index (κ2) is 13.3. The standard InChI is InChI=1S/C53H37BN4Si/c1-5-20-38(21-6-1)57-45-31-15-13-29-43(45)54-44-30-14-18-34-49(44)59(41-25-9-3-10-26-41,42-27-11-4-12-28-42)50-36-48-52(53(57)51(50)54)58(39-22-7-2-8-23-39)47-33-17-16-32-46(47)56(48)40-24-19-35-55-37-40/h1-37H. The van der Waals surface area contributed by atoms with Crippen LogP contribution in [-0.4, -0.2) is 19.8 Å². The summed E-state index contributed by atoms with van der Waals surface area (Å²) in [5.41, 5.74) is 14.2. The van der Waals surface area contributed by atoms with E-state index >= 15 is 0 Å². The number of pyridine rings is 1. The third-order valence-electron chi connectivity index (χ3n) is 12.5. The lowest BCUT2D eigenvalue weighted by Gasteiger charge is -2.51. The summed E-state index contributed by atoms with van der Waals surface area (Å²) in [5.74, 6) is 0. The molecule has 1 aromatic heterocycles. The summed E-state index contributed by atoms with van der Waals surface area (Å²) in [7, 11) is -3.05. The quantitative estimate of drug-likeness (QED) is 0.165. The van der Waals surface area contributed by atoms with Crippen LogP contribution < -0.4 is 51.8 Å². The Bertz CT molecular complexity index is 2980. The van der Waals surface area contributed by atoms with E-state index < -0.39 is 8.07 Å². The highest BCUT2D eigenvalue weighted by atomic mass is 28.3. The SMILES string of the molecule is c1ccc(N2c3ccccc3N(c3cccnc3)c3cc4c5c(c32)N(c2ccccc2)c2ccccc2B5c2ccccc2[Si]4(c2ccccc2)c2ccccc2)cc1. The Balaban J connectivity index is 1.35. The van der Waals surface area contributed by atoms with E-state index in [2.05, 4.69) is 227 Å². The summed E-state index contributed by atoms with van der Waals surface area (Å²) in [6.07, 6.45) is 3.87. The molecule has 3 aliphatic rings. The Morgan fingerprint density at radius 3 is 1.47 bits per heavy atom. The molecule has 276 valence electrons. The fourth-order valence-corrected chi connectivity index (χ4v) is 15.6. The van der Waals surface area contributed by atoms with Crippen molar-refractivity contribution >= 4 is 103 Å². The number of nitrogens with zero attached hydrogens (tertiary/aromatic N) is 4. The molecule has 6 heteroatoms. The molecule has 0 N–H and O–H groups in total. The Morgan fingerprint density at radius 1 is 0.373 bits per heavy atom. The van der Waals surface area contributed by atoms with Gasteiger partial charge < -0.3 is 14.7 Å². The van der Waals surface area contributed by atoms with Gasteiger partial charge in [0, 0.05) is 23.3 Å². The van der Waals surface area contributed by atoms with Gasteiger partial charge in [-0.05, 0) is 92.3 Å². The lowest BCUT2D eigenvalue weighted by molar-refractivity contribution is 1.15. The largest absolute Gasteiger partial charge is 0.309 e. The molecule has 0 atom stereocenters. The Hall–Kier alpha value is -7.41. The number of hydrogen-bond donors (Lipinski definition) is 0. The first kappa shape index (κ1) is 33.7. The van der Waals surface area contributed by atoms with Crippen LogP contribution in [0.25, 0.3) is 0 Å². The fourth-order valence-electron chi connectivity index (χ4n) is 10.4. The third kappa shape index (κ3) is 4.81. The molecular formula is C53H37BN4Si. The van der Waals surface area contributed by atoms with E-state index in [-0.39, 0.29) is 6.71 Å². The number of aromatic nitrogens is 1. The number of para-hydroxylation sites is 5. The first-order chi connectivity index (χ1) is 29.3. The minimum absolute atomic E-state index is 0.00709. The lowest BCUT2D eigenvalue weighted by atomic mass is 9.34. The van der Waals surface area contributed by atoms with Gasteiger partial charge >= 0.3 is 0 Å². The average Bonchev–Trinajstić information content (AvgIpc) is 3.32. The predicted molar refractivity (Wildman–Crippen MR) is 250 cm³/mol. The van der Waals surface area contributed by atoms with Crippen LogP contribution >= 0.6 is 0 Å². The molecule has 0 fully saturated rings. The first-order valence-electron chi connectivity index (χ1n) is 20.3. The first-order valence-corrected chi connectivity index (χ1v) is 22.3. The van der Waals surface area contributed by atoms with E-state index in [1.807, 2.05) is 12.4 Å². The monoisotopic (exact) mass is 768 g/mol. The van der Waals surface area contributed by atoms with Crippen molar-refractivity contribution < 1.29 is 0 Å². The van der Waals surface area contributed by atoms with Crippen molar-refractivity contribution in [2.24, 2.45) is 0 Å². The minimum Gasteiger partial charge on any atom is -0.309 e. The smallest absolute Gasteiger partial charge is 0.246 e. The second-order valence-electron chi connectivity index (χ2n) is 15.5. The maximum Gasteiger partial charge on any atom is 0.246 e. The summed E-state index contributed by atoms with van der Waals surface area (Å²) < 4.78 is 0. The molecule has 12 rings (SSSR count). The van der Waals surface area contributed by atoms with Crippen LogP contribution in [0.5, 0.6) is 0 Å². The van der Waals surface area contributed by atoms with E-state index in [9.17, 15) is 0 Å². The maximum absolute atomic E-state index is 4.73. The molecule has 4 nitrogen and oxygen atoms in total. The molecule has 3 aliphatic heterocycles. The molecule has 4 heterocycles. The highest BCUT2D eigenvalue weighted by molar-refractivity contribution is 7.26. The summed E-state index contributed by atoms with van der Waals surface area (Å²) in [5, 5.41) is 5.58. The summed E-state index contributed by atoms with van der Waals surface area (Å²) in [6.45, 7) is -0.00709. The van der Waals surface area contributed by atoms with Gasteiger partial charge in [-0.25, -0.2) is 0 Å². The van der Waals surface area contributed by atoms with Crippen molar-refractivity contribution in [1.29, 1.82) is 0 Å². The Kier molecular flexibility index (Phi) is 7.62. The van der Waals surface area contributed by atoms with E-state index in [1.54, 1.807) is 0 Å². The Morgan fingerprint density at radius 2 is 0.864 bits per heavy atom. The van der Waals surface area contributed by atoms with Gasteiger partial charge in [0.15, 0.2) is 8.07 Å². The Labute approximate surface area is 346 Å². The highest BCUT2D eigenvalue weighted by Crippen LogP contribution is 2.58. The molecule has 0 saturated heterocycles. The van der Waals surface area contributed by atoms with Gasteiger partial charge in [0.05, 0.1) is 40.3 Å². The number of hydrogen-bond acceptors (Lipinski definition) is 4. The topological polar surface area (TPSA) is 22.6 Å². The summed E-state index contributed by atoms with van der Waals surface area (Å²) >= 11 is 0. The maximum atomic E-state index is 4.73. The zero-order valence-corrected chi connectivity index (χ0v) is 33.2. The molecule has 0 radical (unpaired) electrons. The third-order valence-corrected chi connectivity index (χ3v) is 17.4. The molecule has 0 spiro atoms. The van der Waals surface area contributed by atoms with E-state index in [0.29, 0.717) is 0 Å². The molecule has 0 aliphatic carbocycles. The van der Waals surface area contributed by atoms with Crippen LogP contribution in [0.1, 0.15) is 0 Å². The van der Waals surface area contributed by atoms with Crippen LogP contribution in [0.2, 0.25) is 0 Å². The predicted octanol–water partition coefficient (Wildman–Crippen LogP) is 8.32. The molecule has 0 unspecified atom stereocenters. The number of fused-ring (bicyclic) bond motifs is 7. The number of benzene rings is 8. The molecule has 0 bridgehead atoms. The number of rotatable bonds is 5. The summed E-state index contributed by atoms with van der Waals surface area (Å²) in [6, 6.07) is 78.8. The molecule has 0 saturated carbocycles. The van der Waals surface area contributed by atoms with Gasteiger partial charge in [0.25, 0.3) is 0 Å². The fraction of sp³-hybridized carbons (Fsp3) is 0. The summed E-state index contributed by atoms with van der Waals surface area (Å²) in [4.78, 5) is 12.3. The van der Waals surface area contributed by atoms with Crippen LogP contribution in [0.4, 0.5) is 51.2 Å². The highest BCUT2D eigenvalue weighted by Gasteiger charge is 2.55. The van der Waals surface area contributed by atoms with Crippen LogP contribution in [0, 0.1) is 0 Å². The van der Waals surface area contributed by atoms with Crippen molar-refractivity contribution in [3.8, 4) is 0 Å². The van der Waals surface area contributed by atoms with Crippen LogP contribution in [0.3, 0.4) is 0 Å². The number of anilines is 9. The van der Waals surface area contributed by atoms with Crippen molar-refractivity contribution in [2.45, 2.75) is 0 Å². The van der Waals surface area contributed by atoms with Crippen molar-refractivity contribution in [3.05, 3.63) is 225 Å². The van der Waals surface area contributed by atoms with Gasteiger partial charge in [0.1, 0.15) is 0 Å². The van der Waals surface area contributed by atoms with Gasteiger partial charge in [-0.1, -0.05) is 157 Å². The van der Waals surface area contributed by atoms with Crippen molar-refractivity contribution in [3.63, 3.8) is 0 Å². The van der Waals surface area contributed by atoms with E-state index in [0.717, 1.165) is 39.8 Å². The zero-order valence-electron chi connectivity index (χ0n) is 32.2. The lowest BCUT2D eigenvalue weighted by Crippen LogP contribution is -2.87. The molecule has 8 aromatic carbocycles. The molecule has 59 heavy (non-hydrogen) atoms. The van der Waals surface area contributed by atoms with Gasteiger partial charge in [0.2, 0.25) is 6.71 Å². The van der Waals surface area contributed by atoms with E-state index in [1.165, 1.54) is 48.5 Å². The van der Waals surface area contributed by atoms with Crippen LogP contribution in [-0.2, 0) is 0 Å².